The van der Waals surface area contributed by atoms with Crippen molar-refractivity contribution in [2.24, 2.45) is 0 Å². The van der Waals surface area contributed by atoms with Gasteiger partial charge in [-0.05, 0) is 33.6 Å². The maximum atomic E-state index is 11.4. The van der Waals surface area contributed by atoms with Gasteiger partial charge in [-0.15, -0.1) is 0 Å². The van der Waals surface area contributed by atoms with Gasteiger partial charge in [0.25, 0.3) is 0 Å². The summed E-state index contributed by atoms with van der Waals surface area (Å²) in [5.41, 5.74) is -0.519. The van der Waals surface area contributed by atoms with Gasteiger partial charge in [0, 0.05) is 6.54 Å². The number of ether oxygens (including phenoxy) is 3. The van der Waals surface area contributed by atoms with Crippen LogP contribution in [0.1, 0.15) is 33.6 Å². The number of hydrogen-bond acceptors (Lipinski definition) is 5. The standard InChI is InChI=1S/C12H21NO5/c1-12(2,3)18-11(15)13-7-8-5-6-9(17-8)10(14)16-4/h8-9H,5-7H2,1-4H3,(H,13,15). The maximum absolute atomic E-state index is 11.4. The van der Waals surface area contributed by atoms with E-state index in [2.05, 4.69) is 10.1 Å². The molecule has 0 aromatic rings. The van der Waals surface area contributed by atoms with Gasteiger partial charge in [-0.1, -0.05) is 0 Å². The largest absolute Gasteiger partial charge is 0.467 e. The molecule has 6 nitrogen and oxygen atoms in total. The van der Waals surface area contributed by atoms with Gasteiger partial charge in [0.1, 0.15) is 5.60 Å². The summed E-state index contributed by atoms with van der Waals surface area (Å²) in [6.45, 7) is 5.73. The van der Waals surface area contributed by atoms with Crippen molar-refractivity contribution in [3.8, 4) is 0 Å². The SMILES string of the molecule is COC(=O)C1CCC(CNC(=O)OC(C)(C)C)O1. The quantitative estimate of drug-likeness (QED) is 0.772. The van der Waals surface area contributed by atoms with E-state index >= 15 is 0 Å². The topological polar surface area (TPSA) is 73.9 Å². The van der Waals surface area contributed by atoms with Crippen LogP contribution >= 0.6 is 0 Å². The number of hydrogen-bond donors (Lipinski definition) is 1. The number of nitrogens with one attached hydrogen (secondary N) is 1. The molecule has 1 rings (SSSR count). The summed E-state index contributed by atoms with van der Waals surface area (Å²) in [6.07, 6.45) is 0.179. The van der Waals surface area contributed by atoms with E-state index in [1.165, 1.54) is 7.11 Å². The van der Waals surface area contributed by atoms with Crippen LogP contribution < -0.4 is 5.32 Å². The third kappa shape index (κ3) is 4.91. The van der Waals surface area contributed by atoms with Crippen LogP contribution in [-0.2, 0) is 19.0 Å². The summed E-state index contributed by atoms with van der Waals surface area (Å²) in [7, 11) is 1.33. The Morgan fingerprint density at radius 1 is 1.33 bits per heavy atom. The van der Waals surface area contributed by atoms with Crippen molar-refractivity contribution in [1.82, 2.24) is 5.32 Å². The summed E-state index contributed by atoms with van der Waals surface area (Å²) >= 11 is 0. The van der Waals surface area contributed by atoms with Crippen molar-refractivity contribution in [2.45, 2.75) is 51.4 Å². The molecule has 2 unspecified atom stereocenters. The molecule has 2 atom stereocenters. The van der Waals surface area contributed by atoms with Crippen LogP contribution in [0, 0.1) is 0 Å². The molecule has 1 saturated heterocycles. The highest BCUT2D eigenvalue weighted by atomic mass is 16.6. The minimum Gasteiger partial charge on any atom is -0.467 e. The first-order valence-corrected chi connectivity index (χ1v) is 6.02. The van der Waals surface area contributed by atoms with Gasteiger partial charge in [0.05, 0.1) is 13.2 Å². The number of alkyl carbamates (subject to hydrolysis) is 1. The Balaban J connectivity index is 2.26. The van der Waals surface area contributed by atoms with E-state index < -0.39 is 17.8 Å². The third-order valence-corrected chi connectivity index (χ3v) is 2.44. The minimum atomic E-state index is -0.519. The van der Waals surface area contributed by atoms with E-state index in [0.29, 0.717) is 13.0 Å². The number of amides is 1. The van der Waals surface area contributed by atoms with Gasteiger partial charge in [-0.25, -0.2) is 9.59 Å². The first kappa shape index (κ1) is 14.8. The normalized spacial score (nSPS) is 23.6. The molecule has 1 N–H and O–H groups in total. The molecule has 0 spiro atoms. The molecule has 1 aliphatic heterocycles. The lowest BCUT2D eigenvalue weighted by molar-refractivity contribution is -0.153. The Bertz CT molecular complexity index is 310. The second kappa shape index (κ2) is 6.04. The molecule has 18 heavy (non-hydrogen) atoms. The van der Waals surface area contributed by atoms with Crippen molar-refractivity contribution < 1.29 is 23.8 Å². The summed E-state index contributed by atoms with van der Waals surface area (Å²) < 4.78 is 15.1. The van der Waals surface area contributed by atoms with Crippen LogP contribution in [0.2, 0.25) is 0 Å². The van der Waals surface area contributed by atoms with Crippen LogP contribution in [0.3, 0.4) is 0 Å². The van der Waals surface area contributed by atoms with Crippen molar-refractivity contribution >= 4 is 12.1 Å². The Morgan fingerprint density at radius 2 is 2.00 bits per heavy atom. The van der Waals surface area contributed by atoms with Crippen LogP contribution in [0.4, 0.5) is 4.79 Å². The molecule has 1 amide bonds. The molecule has 0 radical (unpaired) electrons. The third-order valence-electron chi connectivity index (χ3n) is 2.44. The van der Waals surface area contributed by atoms with Gasteiger partial charge in [-0.3, -0.25) is 0 Å². The fourth-order valence-electron chi connectivity index (χ4n) is 1.67. The molecule has 0 aromatic carbocycles. The van der Waals surface area contributed by atoms with Crippen molar-refractivity contribution in [2.75, 3.05) is 13.7 Å². The molecule has 0 aliphatic carbocycles. The zero-order chi connectivity index (χ0) is 13.8. The number of carbonyl (C=O) groups excluding carboxylic acids is 2. The van der Waals surface area contributed by atoms with E-state index in [0.717, 1.165) is 6.42 Å². The van der Waals surface area contributed by atoms with Crippen molar-refractivity contribution in [3.63, 3.8) is 0 Å². The number of rotatable bonds is 3. The van der Waals surface area contributed by atoms with E-state index in [1.807, 2.05) is 0 Å². The van der Waals surface area contributed by atoms with Crippen LogP contribution in [0.25, 0.3) is 0 Å². The zero-order valence-corrected chi connectivity index (χ0v) is 11.3. The summed E-state index contributed by atoms with van der Waals surface area (Å²) in [5, 5.41) is 2.62. The molecule has 0 aromatic heterocycles. The predicted octanol–water partition coefficient (Wildman–Crippen LogP) is 1.23. The fourth-order valence-corrected chi connectivity index (χ4v) is 1.67. The van der Waals surface area contributed by atoms with E-state index in [4.69, 9.17) is 9.47 Å². The molecule has 0 bridgehead atoms. The van der Waals surface area contributed by atoms with Gasteiger partial charge in [0.2, 0.25) is 0 Å². The summed E-state index contributed by atoms with van der Waals surface area (Å²) in [6, 6.07) is 0. The Hall–Kier alpha value is -1.30. The average molecular weight is 259 g/mol. The van der Waals surface area contributed by atoms with Crippen LogP contribution in [0.5, 0.6) is 0 Å². The van der Waals surface area contributed by atoms with Crippen LogP contribution in [-0.4, -0.2) is 43.5 Å². The summed E-state index contributed by atoms with van der Waals surface area (Å²) in [4.78, 5) is 22.6. The highest BCUT2D eigenvalue weighted by molar-refractivity contribution is 5.74. The van der Waals surface area contributed by atoms with Crippen LogP contribution in [0.15, 0.2) is 0 Å². The van der Waals surface area contributed by atoms with Crippen molar-refractivity contribution in [1.29, 1.82) is 0 Å². The molecule has 1 aliphatic rings. The van der Waals surface area contributed by atoms with Gasteiger partial charge in [-0.2, -0.15) is 0 Å². The van der Waals surface area contributed by atoms with E-state index in [1.54, 1.807) is 20.8 Å². The number of methoxy groups -OCH3 is 1. The molecule has 104 valence electrons. The first-order valence-electron chi connectivity index (χ1n) is 6.02. The number of carbonyl (C=O) groups is 2. The first-order chi connectivity index (χ1) is 8.31. The second-order valence-electron chi connectivity index (χ2n) is 5.23. The molecule has 0 saturated carbocycles. The van der Waals surface area contributed by atoms with Gasteiger partial charge >= 0.3 is 12.1 Å². The average Bonchev–Trinajstić information content (AvgIpc) is 2.71. The lowest BCUT2D eigenvalue weighted by atomic mass is 10.2. The zero-order valence-electron chi connectivity index (χ0n) is 11.3. The smallest absolute Gasteiger partial charge is 0.407 e. The molecular weight excluding hydrogens is 238 g/mol. The van der Waals surface area contributed by atoms with E-state index in [9.17, 15) is 9.59 Å². The predicted molar refractivity (Wildman–Crippen MR) is 64.1 cm³/mol. The lowest BCUT2D eigenvalue weighted by Crippen LogP contribution is -2.37. The monoisotopic (exact) mass is 259 g/mol. The minimum absolute atomic E-state index is 0.165. The van der Waals surface area contributed by atoms with Gasteiger partial charge in [0.15, 0.2) is 6.10 Å². The van der Waals surface area contributed by atoms with E-state index in [-0.39, 0.29) is 12.1 Å². The highest BCUT2D eigenvalue weighted by Gasteiger charge is 2.31. The Kier molecular flexibility index (Phi) is 4.95. The van der Waals surface area contributed by atoms with Crippen molar-refractivity contribution in [3.05, 3.63) is 0 Å². The lowest BCUT2D eigenvalue weighted by Gasteiger charge is -2.20. The Labute approximate surface area is 107 Å². The highest BCUT2D eigenvalue weighted by Crippen LogP contribution is 2.20. The fraction of sp³-hybridized carbons (Fsp3) is 0.833. The second-order valence-corrected chi connectivity index (χ2v) is 5.23. The molecule has 1 fully saturated rings. The maximum Gasteiger partial charge on any atom is 0.407 e. The molecule has 1 heterocycles. The summed E-state index contributed by atoms with van der Waals surface area (Å²) in [5.74, 6) is -0.366. The number of esters is 1. The Morgan fingerprint density at radius 3 is 2.56 bits per heavy atom. The van der Waals surface area contributed by atoms with Gasteiger partial charge < -0.3 is 19.5 Å². The molecule has 6 heteroatoms. The molecular formula is C12H21NO5.